The molecule has 170 valence electrons. The smallest absolute Gasteiger partial charge is 0.278 e. The summed E-state index contributed by atoms with van der Waals surface area (Å²) in [7, 11) is 1.82. The van der Waals surface area contributed by atoms with E-state index in [2.05, 4.69) is 6.92 Å². The average molecular weight is 437 g/mol. The fourth-order valence-electron chi connectivity index (χ4n) is 3.60. The third-order valence-corrected chi connectivity index (χ3v) is 5.22. The molecule has 1 aliphatic rings. The number of benzene rings is 2. The lowest BCUT2D eigenvalue weighted by Gasteiger charge is -2.21. The molecule has 0 spiro atoms. The summed E-state index contributed by atoms with van der Waals surface area (Å²) in [5.41, 5.74) is 2.33. The van der Waals surface area contributed by atoms with Gasteiger partial charge in [-0.1, -0.05) is 37.3 Å². The molecule has 1 heterocycles. The number of para-hydroxylation sites is 1. The Kier molecular flexibility index (Phi) is 8.06. The average Bonchev–Trinajstić information content (AvgIpc) is 3.05. The van der Waals surface area contributed by atoms with Gasteiger partial charge in [0.2, 0.25) is 0 Å². The Morgan fingerprint density at radius 1 is 0.938 bits per heavy atom. The van der Waals surface area contributed by atoms with Gasteiger partial charge in [-0.2, -0.15) is 0 Å². The molecule has 0 saturated heterocycles. The van der Waals surface area contributed by atoms with Crippen molar-refractivity contribution in [2.45, 2.75) is 39.7 Å². The number of amides is 2. The van der Waals surface area contributed by atoms with E-state index in [1.807, 2.05) is 75.5 Å². The van der Waals surface area contributed by atoms with Crippen LogP contribution in [0.4, 0.5) is 5.69 Å². The van der Waals surface area contributed by atoms with Crippen LogP contribution in [0.3, 0.4) is 0 Å². The van der Waals surface area contributed by atoms with Gasteiger partial charge in [0.1, 0.15) is 11.4 Å². The Morgan fingerprint density at radius 3 is 2.25 bits per heavy atom. The summed E-state index contributed by atoms with van der Waals surface area (Å²) >= 11 is 0. The van der Waals surface area contributed by atoms with Crippen molar-refractivity contribution in [1.82, 2.24) is 4.90 Å². The highest BCUT2D eigenvalue weighted by molar-refractivity contribution is 6.36. The van der Waals surface area contributed by atoms with Crippen LogP contribution >= 0.6 is 0 Å². The number of nitrogens with zero attached hydrogens (tertiary/aromatic N) is 2. The second kappa shape index (κ2) is 11.0. The van der Waals surface area contributed by atoms with Gasteiger partial charge in [0.25, 0.3) is 11.8 Å². The summed E-state index contributed by atoms with van der Waals surface area (Å²) in [6, 6.07) is 17.0. The molecule has 0 aromatic heterocycles. The lowest BCUT2D eigenvalue weighted by molar-refractivity contribution is -0.137. The largest absolute Gasteiger partial charge is 0.494 e. The molecule has 2 aromatic rings. The Balaban J connectivity index is 1.92. The van der Waals surface area contributed by atoms with Crippen molar-refractivity contribution in [3.05, 3.63) is 65.9 Å². The van der Waals surface area contributed by atoms with Gasteiger partial charge >= 0.3 is 0 Å². The molecule has 0 fully saturated rings. The number of rotatable bonds is 11. The highest BCUT2D eigenvalue weighted by Gasteiger charge is 2.40. The monoisotopic (exact) mass is 436 g/mol. The van der Waals surface area contributed by atoms with Gasteiger partial charge in [0.05, 0.1) is 18.3 Å². The summed E-state index contributed by atoms with van der Waals surface area (Å²) in [6.45, 7) is 7.43. The molecule has 1 aliphatic heterocycles. The van der Waals surface area contributed by atoms with Gasteiger partial charge in [-0.15, -0.1) is 0 Å². The lowest BCUT2D eigenvalue weighted by atomic mass is 10.0. The molecule has 0 unspecified atom stereocenters. The topological polar surface area (TPSA) is 59.1 Å². The Labute approximate surface area is 190 Å². The van der Waals surface area contributed by atoms with Crippen molar-refractivity contribution in [2.24, 2.45) is 0 Å². The molecule has 3 rings (SSSR count). The first-order chi connectivity index (χ1) is 15.4. The van der Waals surface area contributed by atoms with Crippen LogP contribution in [-0.4, -0.2) is 49.6 Å². The van der Waals surface area contributed by atoms with Gasteiger partial charge in [-0.05, 0) is 56.5 Å². The molecular formula is C26H32N2O4. The maximum Gasteiger partial charge on any atom is 0.278 e. The predicted molar refractivity (Wildman–Crippen MR) is 126 cm³/mol. The first kappa shape index (κ1) is 23.5. The quantitative estimate of drug-likeness (QED) is 0.383. The molecule has 0 radical (unpaired) electrons. The van der Waals surface area contributed by atoms with Crippen molar-refractivity contribution in [2.75, 3.05) is 31.7 Å². The molecule has 0 saturated carbocycles. The molecule has 0 N–H and O–H groups in total. The minimum Gasteiger partial charge on any atom is -0.494 e. The molecule has 0 bridgehead atoms. The van der Waals surface area contributed by atoms with Crippen LogP contribution in [0.1, 0.15) is 39.2 Å². The highest BCUT2D eigenvalue weighted by atomic mass is 16.5. The number of carbonyl (C=O) groups is 2. The SMILES string of the molecule is CCCOc1ccc(C2=C(N(C)c3ccccc3)C(=O)N(CCCOC(C)C)C2=O)cc1. The second-order valence-corrected chi connectivity index (χ2v) is 8.03. The van der Waals surface area contributed by atoms with Crippen LogP contribution < -0.4 is 9.64 Å². The summed E-state index contributed by atoms with van der Waals surface area (Å²) in [5.74, 6) is 0.181. The number of ether oxygens (including phenoxy) is 2. The van der Waals surface area contributed by atoms with Crippen molar-refractivity contribution < 1.29 is 19.1 Å². The van der Waals surface area contributed by atoms with Crippen molar-refractivity contribution in [1.29, 1.82) is 0 Å². The lowest BCUT2D eigenvalue weighted by Crippen LogP contribution is -2.35. The fraction of sp³-hybridized carbons (Fsp3) is 0.385. The second-order valence-electron chi connectivity index (χ2n) is 8.03. The number of carbonyl (C=O) groups excluding carboxylic acids is 2. The standard InChI is InChI=1S/C26H32N2O4/c1-5-17-32-22-14-12-20(13-15-22)23-24(27(4)21-10-7-6-8-11-21)26(30)28(25(23)29)16-9-18-31-19(2)3/h6-8,10-15,19H,5,9,16-18H2,1-4H3. The first-order valence-corrected chi connectivity index (χ1v) is 11.2. The van der Waals surface area contributed by atoms with Crippen molar-refractivity contribution >= 4 is 23.1 Å². The van der Waals surface area contributed by atoms with E-state index in [9.17, 15) is 9.59 Å². The zero-order chi connectivity index (χ0) is 23.1. The van der Waals surface area contributed by atoms with Crippen molar-refractivity contribution in [3.63, 3.8) is 0 Å². The van der Waals surface area contributed by atoms with Crippen LogP contribution in [0.15, 0.2) is 60.3 Å². The van der Waals surface area contributed by atoms with Crippen LogP contribution in [0, 0.1) is 0 Å². The van der Waals surface area contributed by atoms with Crippen LogP contribution in [-0.2, 0) is 14.3 Å². The first-order valence-electron chi connectivity index (χ1n) is 11.2. The van der Waals surface area contributed by atoms with Crippen molar-refractivity contribution in [3.8, 4) is 5.75 Å². The molecule has 6 nitrogen and oxygen atoms in total. The van der Waals surface area contributed by atoms with Crippen LogP contribution in [0.2, 0.25) is 0 Å². The maximum absolute atomic E-state index is 13.4. The third kappa shape index (κ3) is 5.37. The molecule has 0 aliphatic carbocycles. The Morgan fingerprint density at radius 2 is 1.62 bits per heavy atom. The van der Waals surface area contributed by atoms with E-state index in [-0.39, 0.29) is 17.9 Å². The fourth-order valence-corrected chi connectivity index (χ4v) is 3.60. The molecule has 2 aromatic carbocycles. The Bertz CT molecular complexity index is 952. The summed E-state index contributed by atoms with van der Waals surface area (Å²) in [6.07, 6.45) is 1.62. The van der Waals surface area contributed by atoms with Gasteiger partial charge in [-0.3, -0.25) is 14.5 Å². The number of imide groups is 1. The summed E-state index contributed by atoms with van der Waals surface area (Å²) in [5, 5.41) is 0. The molecule has 6 heteroatoms. The zero-order valence-electron chi connectivity index (χ0n) is 19.3. The van der Waals surface area contributed by atoms with E-state index in [1.165, 1.54) is 4.90 Å². The molecular weight excluding hydrogens is 404 g/mol. The van der Waals surface area contributed by atoms with Crippen LogP contribution in [0.5, 0.6) is 5.75 Å². The number of hydrogen-bond acceptors (Lipinski definition) is 5. The normalized spacial score (nSPS) is 14.0. The molecule has 2 amide bonds. The minimum absolute atomic E-state index is 0.113. The van der Waals surface area contributed by atoms with E-state index in [4.69, 9.17) is 9.47 Å². The van der Waals surface area contributed by atoms with E-state index in [0.717, 1.165) is 17.9 Å². The number of anilines is 1. The number of hydrogen-bond donors (Lipinski definition) is 0. The zero-order valence-corrected chi connectivity index (χ0v) is 19.3. The van der Waals surface area contributed by atoms with Gasteiger partial charge < -0.3 is 14.4 Å². The minimum atomic E-state index is -0.285. The summed E-state index contributed by atoms with van der Waals surface area (Å²) < 4.78 is 11.3. The van der Waals surface area contributed by atoms with Gasteiger partial charge in [0.15, 0.2) is 0 Å². The molecule has 0 atom stereocenters. The third-order valence-electron chi connectivity index (χ3n) is 5.22. The number of likely N-dealkylation sites (N-methyl/N-ethyl adjacent to an activating group) is 1. The molecule has 32 heavy (non-hydrogen) atoms. The van der Waals surface area contributed by atoms with Gasteiger partial charge in [-0.25, -0.2) is 0 Å². The van der Waals surface area contributed by atoms with E-state index in [1.54, 1.807) is 4.90 Å². The maximum atomic E-state index is 13.4. The van der Waals surface area contributed by atoms with E-state index >= 15 is 0 Å². The van der Waals surface area contributed by atoms with E-state index < -0.39 is 0 Å². The van der Waals surface area contributed by atoms with Crippen LogP contribution in [0.25, 0.3) is 5.57 Å². The summed E-state index contributed by atoms with van der Waals surface area (Å²) in [4.78, 5) is 29.9. The highest BCUT2D eigenvalue weighted by Crippen LogP contribution is 2.34. The predicted octanol–water partition coefficient (Wildman–Crippen LogP) is 4.51. The van der Waals surface area contributed by atoms with E-state index in [0.29, 0.717) is 43.0 Å². The van der Waals surface area contributed by atoms with Gasteiger partial charge in [0, 0.05) is 25.9 Å². The Hall–Kier alpha value is -3.12.